The van der Waals surface area contributed by atoms with Gasteiger partial charge in [0, 0.05) is 33.9 Å². The van der Waals surface area contributed by atoms with E-state index in [9.17, 15) is 0 Å². The molecule has 0 atom stereocenters. The van der Waals surface area contributed by atoms with Crippen molar-refractivity contribution in [3.63, 3.8) is 0 Å². The molecule has 0 unspecified atom stereocenters. The highest BCUT2D eigenvalue weighted by atomic mass is 14.9. The highest BCUT2D eigenvalue weighted by Gasteiger charge is 2.37. The minimum Gasteiger partial charge on any atom is -0.256 e. The first-order valence-electron chi connectivity index (χ1n) is 16.8. The molecule has 0 saturated heterocycles. The van der Waals surface area contributed by atoms with Gasteiger partial charge in [-0.3, -0.25) is 4.98 Å². The molecule has 8 aromatic rings. The molecule has 0 fully saturated rings. The molecule has 0 spiro atoms. The Hall–Kier alpha value is -6.19. The summed E-state index contributed by atoms with van der Waals surface area (Å²) < 4.78 is 0. The zero-order valence-corrected chi connectivity index (χ0v) is 27.4. The highest BCUT2D eigenvalue weighted by Crippen LogP contribution is 2.53. The van der Waals surface area contributed by atoms with E-state index in [1.807, 2.05) is 42.6 Å². The molecule has 232 valence electrons. The lowest BCUT2D eigenvalue weighted by molar-refractivity contribution is 0.661. The summed E-state index contributed by atoms with van der Waals surface area (Å²) in [5.74, 6) is 0.701. The zero-order chi connectivity index (χ0) is 33.0. The van der Waals surface area contributed by atoms with Crippen LogP contribution in [0.5, 0.6) is 0 Å². The van der Waals surface area contributed by atoms with Crippen LogP contribution < -0.4 is 0 Å². The van der Waals surface area contributed by atoms with Gasteiger partial charge >= 0.3 is 0 Å². The van der Waals surface area contributed by atoms with E-state index in [1.165, 1.54) is 44.2 Å². The fraction of sp³-hybridized carbons (Fsp3) is 0.0652. The van der Waals surface area contributed by atoms with Gasteiger partial charge in [0.2, 0.25) is 0 Å². The van der Waals surface area contributed by atoms with E-state index in [4.69, 9.17) is 9.97 Å². The average molecular weight is 628 g/mol. The molecule has 0 bridgehead atoms. The maximum absolute atomic E-state index is 5.09. The van der Waals surface area contributed by atoms with E-state index in [-0.39, 0.29) is 5.41 Å². The fourth-order valence-corrected chi connectivity index (χ4v) is 7.36. The Bertz CT molecular complexity index is 2500. The third kappa shape index (κ3) is 5.03. The summed E-state index contributed by atoms with van der Waals surface area (Å²) in [6.45, 7) is 4.70. The van der Waals surface area contributed by atoms with Gasteiger partial charge in [-0.25, -0.2) is 9.97 Å². The first-order chi connectivity index (χ1) is 24.0. The molecule has 0 saturated carbocycles. The molecule has 1 aliphatic rings. The van der Waals surface area contributed by atoms with Crippen molar-refractivity contribution in [1.29, 1.82) is 0 Å². The lowest BCUT2D eigenvalue weighted by Gasteiger charge is -2.22. The molecule has 0 N–H and O–H groups in total. The number of rotatable bonds is 5. The van der Waals surface area contributed by atoms with Gasteiger partial charge in [-0.1, -0.05) is 135 Å². The standard InChI is InChI=1S/C46H33N3/c1-46(2)39-19-11-18-37(44(39)38-27-33-14-6-7-15-34(33)28-40(38)46)30-21-23-31(24-22-30)42-29-43(49-45(48-42)32-12-4-3-5-13-32)36-17-10-16-35(26-36)41-20-8-9-25-47-41/h3-29H,1-2H3. The SMILES string of the molecule is CC1(C)c2cc3ccccc3cc2-c2c(-c3ccc(-c4cc(-c5cccc(-c6ccccn6)c5)nc(-c5ccccc5)n4)cc3)cccc21. The van der Waals surface area contributed by atoms with E-state index in [0.29, 0.717) is 5.82 Å². The second kappa shape index (κ2) is 11.5. The van der Waals surface area contributed by atoms with Crippen LogP contribution in [-0.2, 0) is 5.41 Å². The Morgan fingerprint density at radius 2 is 1.04 bits per heavy atom. The van der Waals surface area contributed by atoms with Crippen LogP contribution in [-0.4, -0.2) is 15.0 Å². The molecule has 3 nitrogen and oxygen atoms in total. The molecule has 2 heterocycles. The minimum absolute atomic E-state index is 0.0796. The summed E-state index contributed by atoms with van der Waals surface area (Å²) in [7, 11) is 0. The highest BCUT2D eigenvalue weighted by molar-refractivity contribution is 5.98. The third-order valence-corrected chi connectivity index (χ3v) is 9.94. The van der Waals surface area contributed by atoms with Crippen molar-refractivity contribution < 1.29 is 0 Å². The number of nitrogens with zero attached hydrogens (tertiary/aromatic N) is 3. The Morgan fingerprint density at radius 3 is 1.80 bits per heavy atom. The van der Waals surface area contributed by atoms with E-state index in [2.05, 4.69) is 140 Å². The summed E-state index contributed by atoms with van der Waals surface area (Å²) in [5, 5.41) is 2.56. The summed E-state index contributed by atoms with van der Waals surface area (Å²) in [6.07, 6.45) is 1.83. The monoisotopic (exact) mass is 627 g/mol. The summed E-state index contributed by atoms with van der Waals surface area (Å²) >= 11 is 0. The van der Waals surface area contributed by atoms with Crippen LogP contribution in [0.3, 0.4) is 0 Å². The van der Waals surface area contributed by atoms with Crippen LogP contribution in [0.4, 0.5) is 0 Å². The topological polar surface area (TPSA) is 38.7 Å². The number of benzene rings is 6. The molecule has 49 heavy (non-hydrogen) atoms. The summed E-state index contributed by atoms with van der Waals surface area (Å²) in [4.78, 5) is 14.7. The third-order valence-electron chi connectivity index (χ3n) is 9.94. The number of hydrogen-bond acceptors (Lipinski definition) is 3. The maximum atomic E-state index is 5.09. The minimum atomic E-state index is -0.0796. The van der Waals surface area contributed by atoms with Crippen LogP contribution in [0, 0.1) is 0 Å². The lowest BCUT2D eigenvalue weighted by Crippen LogP contribution is -2.14. The molecule has 3 heteroatoms. The molecule has 0 aliphatic heterocycles. The summed E-state index contributed by atoms with van der Waals surface area (Å²) in [5.41, 5.74) is 14.6. The van der Waals surface area contributed by atoms with Gasteiger partial charge in [-0.15, -0.1) is 0 Å². The summed E-state index contributed by atoms with van der Waals surface area (Å²) in [6, 6.07) is 55.8. The van der Waals surface area contributed by atoms with Gasteiger partial charge in [0.25, 0.3) is 0 Å². The van der Waals surface area contributed by atoms with Crippen molar-refractivity contribution in [3.05, 3.63) is 175 Å². The van der Waals surface area contributed by atoms with Gasteiger partial charge < -0.3 is 0 Å². The van der Waals surface area contributed by atoms with Crippen molar-refractivity contribution in [2.75, 3.05) is 0 Å². The first-order valence-corrected chi connectivity index (χ1v) is 16.8. The van der Waals surface area contributed by atoms with Gasteiger partial charge in [0.1, 0.15) is 0 Å². The Labute approximate surface area is 286 Å². The molecule has 0 radical (unpaired) electrons. The number of pyridine rings is 1. The van der Waals surface area contributed by atoms with Crippen LogP contribution in [0.25, 0.3) is 78.2 Å². The smallest absolute Gasteiger partial charge is 0.160 e. The van der Waals surface area contributed by atoms with Crippen LogP contribution in [0.2, 0.25) is 0 Å². The van der Waals surface area contributed by atoms with Gasteiger partial charge in [0.15, 0.2) is 5.82 Å². The maximum Gasteiger partial charge on any atom is 0.160 e. The number of fused-ring (bicyclic) bond motifs is 4. The van der Waals surface area contributed by atoms with Crippen molar-refractivity contribution in [2.45, 2.75) is 19.3 Å². The second-order valence-corrected chi connectivity index (χ2v) is 13.3. The predicted molar refractivity (Wildman–Crippen MR) is 202 cm³/mol. The molecular weight excluding hydrogens is 595 g/mol. The largest absolute Gasteiger partial charge is 0.256 e. The predicted octanol–water partition coefficient (Wildman–Crippen LogP) is 11.7. The second-order valence-electron chi connectivity index (χ2n) is 13.3. The Morgan fingerprint density at radius 1 is 0.408 bits per heavy atom. The first kappa shape index (κ1) is 29.0. The van der Waals surface area contributed by atoms with Crippen molar-refractivity contribution in [2.24, 2.45) is 0 Å². The number of hydrogen-bond donors (Lipinski definition) is 0. The average Bonchev–Trinajstić information content (AvgIpc) is 3.39. The molecule has 0 amide bonds. The normalized spacial score (nSPS) is 12.9. The molecule has 1 aliphatic carbocycles. The lowest BCUT2D eigenvalue weighted by atomic mass is 9.81. The Balaban J connectivity index is 1.14. The van der Waals surface area contributed by atoms with E-state index in [0.717, 1.165) is 39.3 Å². The van der Waals surface area contributed by atoms with Crippen molar-refractivity contribution in [1.82, 2.24) is 15.0 Å². The molecule has 9 rings (SSSR count). The Kier molecular flexibility index (Phi) is 6.80. The van der Waals surface area contributed by atoms with Crippen molar-refractivity contribution >= 4 is 10.8 Å². The van der Waals surface area contributed by atoms with E-state index >= 15 is 0 Å². The van der Waals surface area contributed by atoms with Crippen LogP contribution in [0.15, 0.2) is 164 Å². The molecule has 2 aromatic heterocycles. The van der Waals surface area contributed by atoms with Crippen LogP contribution >= 0.6 is 0 Å². The van der Waals surface area contributed by atoms with Gasteiger partial charge in [0.05, 0.1) is 17.1 Å². The quantitative estimate of drug-likeness (QED) is 0.191. The fourth-order valence-electron chi connectivity index (χ4n) is 7.36. The molecule has 6 aromatic carbocycles. The number of aromatic nitrogens is 3. The molecular formula is C46H33N3. The van der Waals surface area contributed by atoms with E-state index in [1.54, 1.807) is 0 Å². The van der Waals surface area contributed by atoms with Crippen molar-refractivity contribution in [3.8, 4) is 67.4 Å². The van der Waals surface area contributed by atoms with Gasteiger partial charge in [-0.2, -0.15) is 0 Å². The van der Waals surface area contributed by atoms with E-state index < -0.39 is 0 Å². The van der Waals surface area contributed by atoms with Crippen LogP contribution in [0.1, 0.15) is 25.0 Å². The zero-order valence-electron chi connectivity index (χ0n) is 27.4. The van der Waals surface area contributed by atoms with Gasteiger partial charge in [-0.05, 0) is 80.6 Å².